The number of thiophene rings is 1. The van der Waals surface area contributed by atoms with Crippen molar-refractivity contribution in [3.8, 4) is 0 Å². The smallest absolute Gasteiger partial charge is 0.267 e. The van der Waals surface area contributed by atoms with E-state index < -0.39 is 0 Å². The van der Waals surface area contributed by atoms with Crippen molar-refractivity contribution >= 4 is 33.5 Å². The predicted molar refractivity (Wildman–Crippen MR) is 56.9 cm³/mol. The van der Waals surface area contributed by atoms with Gasteiger partial charge in [-0.1, -0.05) is 6.07 Å². The number of hydrogen-bond acceptors (Lipinski definition) is 3. The predicted octanol–water partition coefficient (Wildman–Crippen LogP) is 1.98. The standard InChI is InChI=1S/C10H6N2OS/c13-10-7-2-1-3-8-9(7)6(5-14-8)4-11-12-10/h1-5H,(H,12,13). The van der Waals surface area contributed by atoms with Crippen molar-refractivity contribution in [3.05, 3.63) is 34.7 Å². The molecule has 0 saturated heterocycles. The molecule has 0 fully saturated rings. The summed E-state index contributed by atoms with van der Waals surface area (Å²) < 4.78 is 1.13. The van der Waals surface area contributed by atoms with Crippen LogP contribution in [0.5, 0.6) is 0 Å². The van der Waals surface area contributed by atoms with Gasteiger partial charge in [0, 0.05) is 21.0 Å². The van der Waals surface area contributed by atoms with Gasteiger partial charge in [-0.05, 0) is 12.1 Å². The van der Waals surface area contributed by atoms with Crippen LogP contribution in [0.2, 0.25) is 0 Å². The molecule has 0 saturated carbocycles. The van der Waals surface area contributed by atoms with Crippen molar-refractivity contribution < 1.29 is 4.79 Å². The summed E-state index contributed by atoms with van der Waals surface area (Å²) in [6.45, 7) is 0. The minimum Gasteiger partial charge on any atom is -0.267 e. The molecule has 0 radical (unpaired) electrons. The summed E-state index contributed by atoms with van der Waals surface area (Å²) in [5.41, 5.74) is 4.19. The van der Waals surface area contributed by atoms with E-state index in [1.165, 1.54) is 0 Å². The number of hydrogen-bond donors (Lipinski definition) is 1. The molecule has 0 aliphatic carbocycles. The number of rotatable bonds is 0. The molecule has 0 unspecified atom stereocenters. The SMILES string of the molecule is O=C1NN=Cc2csc3cccc1c23. The fourth-order valence-electron chi connectivity index (χ4n) is 1.62. The van der Waals surface area contributed by atoms with Crippen molar-refractivity contribution in [1.29, 1.82) is 0 Å². The maximum Gasteiger partial charge on any atom is 0.272 e. The van der Waals surface area contributed by atoms with Crippen LogP contribution < -0.4 is 5.43 Å². The van der Waals surface area contributed by atoms with Crippen molar-refractivity contribution in [2.24, 2.45) is 5.10 Å². The Morgan fingerprint density at radius 2 is 2.29 bits per heavy atom. The molecule has 0 spiro atoms. The second kappa shape index (κ2) is 2.65. The summed E-state index contributed by atoms with van der Waals surface area (Å²) in [5, 5.41) is 6.87. The maximum absolute atomic E-state index is 11.6. The van der Waals surface area contributed by atoms with E-state index in [4.69, 9.17) is 0 Å². The third-order valence-electron chi connectivity index (χ3n) is 2.24. The van der Waals surface area contributed by atoms with Crippen molar-refractivity contribution in [3.63, 3.8) is 0 Å². The molecule has 1 aliphatic rings. The Balaban J connectivity index is 2.52. The zero-order valence-electron chi connectivity index (χ0n) is 7.15. The highest BCUT2D eigenvalue weighted by atomic mass is 32.1. The molecule has 2 aromatic rings. The molecule has 2 heterocycles. The van der Waals surface area contributed by atoms with Gasteiger partial charge < -0.3 is 0 Å². The lowest BCUT2D eigenvalue weighted by molar-refractivity contribution is 0.0957. The lowest BCUT2D eigenvalue weighted by atomic mass is 10.1. The highest BCUT2D eigenvalue weighted by Gasteiger charge is 2.15. The van der Waals surface area contributed by atoms with E-state index in [1.807, 2.05) is 23.6 Å². The quantitative estimate of drug-likeness (QED) is 0.697. The Kier molecular flexibility index (Phi) is 1.46. The first-order chi connectivity index (χ1) is 6.86. The highest BCUT2D eigenvalue weighted by Crippen LogP contribution is 2.28. The molecule has 1 aliphatic heterocycles. The topological polar surface area (TPSA) is 41.5 Å². The first kappa shape index (κ1) is 7.70. The largest absolute Gasteiger partial charge is 0.272 e. The van der Waals surface area contributed by atoms with Gasteiger partial charge in [-0.15, -0.1) is 11.3 Å². The number of benzene rings is 1. The summed E-state index contributed by atoms with van der Waals surface area (Å²) >= 11 is 1.63. The average Bonchev–Trinajstić information content (AvgIpc) is 2.53. The second-order valence-corrected chi connectivity index (χ2v) is 3.98. The van der Waals surface area contributed by atoms with E-state index in [1.54, 1.807) is 17.6 Å². The number of carbonyl (C=O) groups is 1. The fourth-order valence-corrected chi connectivity index (χ4v) is 2.55. The molecule has 1 aromatic heterocycles. The van der Waals surface area contributed by atoms with Gasteiger partial charge >= 0.3 is 0 Å². The summed E-state index contributed by atoms with van der Waals surface area (Å²) in [6.07, 6.45) is 1.69. The number of amides is 1. The van der Waals surface area contributed by atoms with Gasteiger partial charge in [0.25, 0.3) is 5.91 Å². The van der Waals surface area contributed by atoms with Crippen LogP contribution in [-0.4, -0.2) is 12.1 Å². The zero-order valence-corrected chi connectivity index (χ0v) is 7.97. The van der Waals surface area contributed by atoms with Gasteiger partial charge in [-0.25, -0.2) is 5.43 Å². The molecular weight excluding hydrogens is 196 g/mol. The average molecular weight is 202 g/mol. The minimum atomic E-state index is -0.135. The summed E-state index contributed by atoms with van der Waals surface area (Å²) in [7, 11) is 0. The van der Waals surface area contributed by atoms with Crippen molar-refractivity contribution in [2.75, 3.05) is 0 Å². The van der Waals surface area contributed by atoms with E-state index in [0.29, 0.717) is 5.56 Å². The lowest BCUT2D eigenvalue weighted by Crippen LogP contribution is -2.15. The zero-order chi connectivity index (χ0) is 9.54. The van der Waals surface area contributed by atoms with Crippen LogP contribution in [-0.2, 0) is 0 Å². The molecule has 4 heteroatoms. The van der Waals surface area contributed by atoms with E-state index in [-0.39, 0.29) is 5.91 Å². The van der Waals surface area contributed by atoms with E-state index in [9.17, 15) is 4.79 Å². The van der Waals surface area contributed by atoms with Gasteiger partial charge in [-0.2, -0.15) is 5.10 Å². The van der Waals surface area contributed by atoms with E-state index in [2.05, 4.69) is 10.5 Å². The third-order valence-corrected chi connectivity index (χ3v) is 3.21. The Morgan fingerprint density at radius 3 is 3.21 bits per heavy atom. The summed E-state index contributed by atoms with van der Waals surface area (Å²) in [4.78, 5) is 11.6. The van der Waals surface area contributed by atoms with E-state index >= 15 is 0 Å². The van der Waals surface area contributed by atoms with Gasteiger partial charge in [0.2, 0.25) is 0 Å². The maximum atomic E-state index is 11.6. The molecule has 68 valence electrons. The Hall–Kier alpha value is -1.68. The molecule has 1 amide bonds. The van der Waals surface area contributed by atoms with Gasteiger partial charge in [0.1, 0.15) is 0 Å². The first-order valence-electron chi connectivity index (χ1n) is 4.20. The normalized spacial score (nSPS) is 14.1. The summed E-state index contributed by atoms with van der Waals surface area (Å²) in [6, 6.07) is 5.73. The van der Waals surface area contributed by atoms with Gasteiger partial charge in [0.05, 0.1) is 11.8 Å². The number of carbonyl (C=O) groups excluding carboxylic acids is 1. The Bertz CT molecular complexity index is 556. The Labute approximate surface area is 84.1 Å². The molecule has 14 heavy (non-hydrogen) atoms. The number of nitrogens with one attached hydrogen (secondary N) is 1. The lowest BCUT2D eigenvalue weighted by Gasteiger charge is -1.98. The van der Waals surface area contributed by atoms with Crippen molar-refractivity contribution in [1.82, 2.24) is 5.43 Å². The number of hydrazone groups is 1. The molecule has 3 rings (SSSR count). The van der Waals surface area contributed by atoms with Gasteiger partial charge in [-0.3, -0.25) is 4.79 Å². The molecule has 0 atom stereocenters. The van der Waals surface area contributed by atoms with Crippen LogP contribution in [0.25, 0.3) is 10.1 Å². The van der Waals surface area contributed by atoms with Crippen LogP contribution in [0.15, 0.2) is 28.7 Å². The van der Waals surface area contributed by atoms with Crippen LogP contribution in [0.1, 0.15) is 15.9 Å². The van der Waals surface area contributed by atoms with Crippen LogP contribution in [0, 0.1) is 0 Å². The molecule has 1 N–H and O–H groups in total. The molecule has 1 aromatic carbocycles. The monoisotopic (exact) mass is 202 g/mol. The fraction of sp³-hybridized carbons (Fsp3) is 0. The number of nitrogens with zero attached hydrogens (tertiary/aromatic N) is 1. The second-order valence-electron chi connectivity index (χ2n) is 3.07. The third kappa shape index (κ3) is 0.914. The van der Waals surface area contributed by atoms with Crippen LogP contribution >= 0.6 is 11.3 Å². The van der Waals surface area contributed by atoms with E-state index in [0.717, 1.165) is 15.6 Å². The summed E-state index contributed by atoms with van der Waals surface area (Å²) in [5.74, 6) is -0.135. The van der Waals surface area contributed by atoms with Crippen LogP contribution in [0.4, 0.5) is 0 Å². The highest BCUT2D eigenvalue weighted by molar-refractivity contribution is 7.17. The van der Waals surface area contributed by atoms with Gasteiger partial charge in [0.15, 0.2) is 0 Å². The van der Waals surface area contributed by atoms with Crippen LogP contribution in [0.3, 0.4) is 0 Å². The minimum absolute atomic E-state index is 0.135. The molecule has 0 bridgehead atoms. The molecular formula is C10H6N2OS. The van der Waals surface area contributed by atoms with Crippen molar-refractivity contribution in [2.45, 2.75) is 0 Å². The molecule has 3 nitrogen and oxygen atoms in total. The first-order valence-corrected chi connectivity index (χ1v) is 5.08. The Morgan fingerprint density at radius 1 is 1.36 bits per heavy atom.